The van der Waals surface area contributed by atoms with Crippen molar-refractivity contribution in [3.63, 3.8) is 0 Å². The Morgan fingerprint density at radius 1 is 1.00 bits per heavy atom. The Bertz CT molecular complexity index is 605. The molecule has 2 aliphatic heterocycles. The van der Waals surface area contributed by atoms with E-state index in [1.165, 1.54) is 0 Å². The van der Waals surface area contributed by atoms with Gasteiger partial charge in [0.2, 0.25) is 5.91 Å². The molecule has 9 nitrogen and oxygen atoms in total. The average molecular weight is 439 g/mol. The Morgan fingerprint density at radius 2 is 1.65 bits per heavy atom. The van der Waals surface area contributed by atoms with Gasteiger partial charge in [-0.15, -0.1) is 0 Å². The van der Waals surface area contributed by atoms with Crippen molar-refractivity contribution in [2.24, 2.45) is 4.99 Å². The van der Waals surface area contributed by atoms with Gasteiger partial charge in [0.25, 0.3) is 0 Å². The fraction of sp³-hybridized carbons (Fsp3) is 0.864. The van der Waals surface area contributed by atoms with E-state index in [-0.39, 0.29) is 12.0 Å². The summed E-state index contributed by atoms with van der Waals surface area (Å²) in [7, 11) is 1.78. The Labute approximate surface area is 187 Å². The molecule has 0 aromatic heterocycles. The van der Waals surface area contributed by atoms with Crippen molar-refractivity contribution in [3.05, 3.63) is 0 Å². The molecule has 0 aromatic rings. The van der Waals surface area contributed by atoms with Crippen LogP contribution in [0.4, 0.5) is 4.79 Å². The number of ether oxygens (including phenoxy) is 1. The normalized spacial score (nSPS) is 18.3. The van der Waals surface area contributed by atoms with Crippen LogP contribution in [0, 0.1) is 0 Å². The summed E-state index contributed by atoms with van der Waals surface area (Å²) >= 11 is 0. The summed E-state index contributed by atoms with van der Waals surface area (Å²) in [6.45, 7) is 15.2. The van der Waals surface area contributed by atoms with Crippen molar-refractivity contribution in [2.75, 3.05) is 72.5 Å². The second-order valence-corrected chi connectivity index (χ2v) is 9.29. The molecule has 0 bridgehead atoms. The third-order valence-electron chi connectivity index (χ3n) is 5.51. The number of nitrogens with one attached hydrogen (secondary N) is 1. The highest BCUT2D eigenvalue weighted by molar-refractivity contribution is 5.80. The first-order chi connectivity index (χ1) is 14.7. The van der Waals surface area contributed by atoms with E-state index >= 15 is 0 Å². The summed E-state index contributed by atoms with van der Waals surface area (Å²) in [6, 6.07) is 0. The van der Waals surface area contributed by atoms with Gasteiger partial charge in [0.1, 0.15) is 5.60 Å². The summed E-state index contributed by atoms with van der Waals surface area (Å²) < 4.78 is 5.51. The zero-order chi connectivity index (χ0) is 22.9. The van der Waals surface area contributed by atoms with Crippen LogP contribution in [-0.4, -0.2) is 116 Å². The van der Waals surface area contributed by atoms with Gasteiger partial charge in [-0.3, -0.25) is 14.7 Å². The Morgan fingerprint density at radius 3 is 2.19 bits per heavy atom. The van der Waals surface area contributed by atoms with Crippen LogP contribution in [-0.2, 0) is 9.53 Å². The quantitative estimate of drug-likeness (QED) is 0.479. The van der Waals surface area contributed by atoms with Gasteiger partial charge < -0.3 is 24.8 Å². The lowest BCUT2D eigenvalue weighted by Gasteiger charge is -2.37. The number of carbonyl (C=O) groups is 2. The molecule has 2 fully saturated rings. The van der Waals surface area contributed by atoms with Gasteiger partial charge in [0.05, 0.1) is 6.54 Å². The van der Waals surface area contributed by atoms with Crippen molar-refractivity contribution >= 4 is 18.0 Å². The molecule has 0 saturated carbocycles. The van der Waals surface area contributed by atoms with Gasteiger partial charge >= 0.3 is 6.09 Å². The number of hydrogen-bond acceptors (Lipinski definition) is 5. The van der Waals surface area contributed by atoms with Crippen LogP contribution in [0.5, 0.6) is 0 Å². The van der Waals surface area contributed by atoms with Crippen molar-refractivity contribution < 1.29 is 14.3 Å². The first kappa shape index (κ1) is 25.2. The predicted molar refractivity (Wildman–Crippen MR) is 123 cm³/mol. The minimum atomic E-state index is -0.498. The maximum atomic E-state index is 12.4. The van der Waals surface area contributed by atoms with Crippen molar-refractivity contribution in [2.45, 2.75) is 52.6 Å². The summed E-state index contributed by atoms with van der Waals surface area (Å²) in [5.74, 6) is 1.10. The van der Waals surface area contributed by atoms with Gasteiger partial charge in [-0.25, -0.2) is 4.79 Å². The Balaban J connectivity index is 1.75. The molecule has 0 atom stereocenters. The van der Waals surface area contributed by atoms with Gasteiger partial charge in [-0.2, -0.15) is 0 Å². The number of carbonyl (C=O) groups excluding carboxylic acids is 2. The molecule has 2 aliphatic rings. The van der Waals surface area contributed by atoms with E-state index in [1.807, 2.05) is 25.7 Å². The molecular weight excluding hydrogens is 396 g/mol. The number of nitrogens with zero attached hydrogens (tertiary/aromatic N) is 5. The van der Waals surface area contributed by atoms with Crippen LogP contribution in [0.2, 0.25) is 0 Å². The van der Waals surface area contributed by atoms with Gasteiger partial charge in [0, 0.05) is 66.0 Å². The maximum absolute atomic E-state index is 12.4. The molecule has 2 heterocycles. The number of rotatable bonds is 7. The third-order valence-corrected chi connectivity index (χ3v) is 5.51. The molecule has 2 rings (SSSR count). The standard InChI is InChI=1S/C22H42N6O3/c1-6-10-28(21(30)31-22(2,3)4)13-9-24-20(23-5)27-16-14-25(15-17-27)18-19(29)26-11-7-8-12-26/h6-18H2,1-5H3,(H,23,24). The minimum absolute atomic E-state index is 0.256. The van der Waals surface area contributed by atoms with E-state index in [1.54, 1.807) is 11.9 Å². The molecule has 178 valence electrons. The average Bonchev–Trinajstić information content (AvgIpc) is 3.25. The molecule has 1 N–H and O–H groups in total. The fourth-order valence-electron chi connectivity index (χ4n) is 3.90. The van der Waals surface area contributed by atoms with E-state index in [2.05, 4.69) is 27.0 Å². The zero-order valence-electron chi connectivity index (χ0n) is 20.2. The summed E-state index contributed by atoms with van der Waals surface area (Å²) in [5, 5.41) is 3.38. The second-order valence-electron chi connectivity index (χ2n) is 9.29. The van der Waals surface area contributed by atoms with Crippen LogP contribution >= 0.6 is 0 Å². The largest absolute Gasteiger partial charge is 0.444 e. The number of amides is 2. The SMILES string of the molecule is CCCN(CCNC(=NC)N1CCN(CC(=O)N2CCCC2)CC1)C(=O)OC(C)(C)C. The van der Waals surface area contributed by atoms with Gasteiger partial charge in [-0.05, 0) is 40.0 Å². The van der Waals surface area contributed by atoms with Crippen LogP contribution < -0.4 is 5.32 Å². The summed E-state index contributed by atoms with van der Waals surface area (Å²) in [5.41, 5.74) is -0.498. The highest BCUT2D eigenvalue weighted by Gasteiger charge is 2.25. The van der Waals surface area contributed by atoms with Crippen LogP contribution in [0.1, 0.15) is 47.0 Å². The van der Waals surface area contributed by atoms with Crippen molar-refractivity contribution in [1.29, 1.82) is 0 Å². The summed E-state index contributed by atoms with van der Waals surface area (Å²) in [6.07, 6.45) is 2.87. The lowest BCUT2D eigenvalue weighted by Crippen LogP contribution is -2.54. The molecule has 31 heavy (non-hydrogen) atoms. The Kier molecular flexibility index (Phi) is 9.87. The third kappa shape index (κ3) is 8.55. The van der Waals surface area contributed by atoms with Gasteiger partial charge in [0.15, 0.2) is 5.96 Å². The topological polar surface area (TPSA) is 80.7 Å². The van der Waals surface area contributed by atoms with Crippen molar-refractivity contribution in [1.82, 2.24) is 24.9 Å². The van der Waals surface area contributed by atoms with E-state index < -0.39 is 5.60 Å². The van der Waals surface area contributed by atoms with E-state index in [9.17, 15) is 9.59 Å². The number of piperazine rings is 1. The van der Waals surface area contributed by atoms with Crippen LogP contribution in [0.25, 0.3) is 0 Å². The van der Waals surface area contributed by atoms with E-state index in [0.717, 1.165) is 64.5 Å². The smallest absolute Gasteiger partial charge is 0.410 e. The number of likely N-dealkylation sites (tertiary alicyclic amines) is 1. The second kappa shape index (κ2) is 12.1. The molecule has 9 heteroatoms. The van der Waals surface area contributed by atoms with E-state index in [4.69, 9.17) is 4.74 Å². The van der Waals surface area contributed by atoms with E-state index in [0.29, 0.717) is 26.2 Å². The molecule has 0 aromatic carbocycles. The van der Waals surface area contributed by atoms with Gasteiger partial charge in [-0.1, -0.05) is 6.92 Å². The Hall–Kier alpha value is -2.03. The first-order valence-corrected chi connectivity index (χ1v) is 11.7. The van der Waals surface area contributed by atoms with Crippen molar-refractivity contribution in [3.8, 4) is 0 Å². The maximum Gasteiger partial charge on any atom is 0.410 e. The lowest BCUT2D eigenvalue weighted by atomic mass is 10.2. The minimum Gasteiger partial charge on any atom is -0.444 e. The first-order valence-electron chi connectivity index (χ1n) is 11.7. The fourth-order valence-corrected chi connectivity index (χ4v) is 3.90. The molecule has 0 spiro atoms. The number of hydrogen-bond donors (Lipinski definition) is 1. The zero-order valence-corrected chi connectivity index (χ0v) is 20.2. The molecular formula is C22H42N6O3. The molecule has 0 radical (unpaired) electrons. The highest BCUT2D eigenvalue weighted by Crippen LogP contribution is 2.11. The van der Waals surface area contributed by atoms with Crippen LogP contribution in [0.3, 0.4) is 0 Å². The number of aliphatic imine (C=N–C) groups is 1. The predicted octanol–water partition coefficient (Wildman–Crippen LogP) is 1.45. The molecule has 0 aliphatic carbocycles. The van der Waals surface area contributed by atoms with Crippen LogP contribution in [0.15, 0.2) is 4.99 Å². The number of guanidine groups is 1. The monoisotopic (exact) mass is 438 g/mol. The molecule has 0 unspecified atom stereocenters. The molecule has 2 saturated heterocycles. The summed E-state index contributed by atoms with van der Waals surface area (Å²) in [4.78, 5) is 37.4. The molecule has 2 amide bonds. The lowest BCUT2D eigenvalue weighted by molar-refractivity contribution is -0.131. The highest BCUT2D eigenvalue weighted by atomic mass is 16.6.